The molecule has 0 saturated heterocycles. The van der Waals surface area contributed by atoms with Gasteiger partial charge in [-0.3, -0.25) is 0 Å². The molecule has 9 rings (SSSR count). The molecule has 0 saturated carbocycles. The van der Waals surface area contributed by atoms with E-state index in [9.17, 15) is 0 Å². The average Bonchev–Trinajstić information content (AvgIpc) is 3.40. The predicted molar refractivity (Wildman–Crippen MR) is 151 cm³/mol. The molecule has 3 nitrogen and oxygen atoms in total. The molecule has 0 fully saturated rings. The summed E-state index contributed by atoms with van der Waals surface area (Å²) in [7, 11) is 0. The number of benzene rings is 3. The van der Waals surface area contributed by atoms with Gasteiger partial charge in [0.25, 0.3) is 6.71 Å². The summed E-state index contributed by atoms with van der Waals surface area (Å²) in [6.45, 7) is 0.0450. The third kappa shape index (κ3) is 2.45. The minimum Gasteiger partial charge on any atom is -0.468 e. The number of hydrogen-bond donors (Lipinski definition) is 0. The molecule has 2 aromatic heterocycles. The Kier molecular flexibility index (Phi) is 3.80. The van der Waals surface area contributed by atoms with Gasteiger partial charge in [0.05, 0.1) is 17.2 Å². The second kappa shape index (κ2) is 7.11. The van der Waals surface area contributed by atoms with E-state index >= 15 is 0 Å². The molecule has 2 aliphatic carbocycles. The highest BCUT2D eigenvalue weighted by atomic mass is 16.3. The molecule has 4 heterocycles. The lowest BCUT2D eigenvalue weighted by Crippen LogP contribution is -2.56. The van der Waals surface area contributed by atoms with Crippen LogP contribution in [0.15, 0.2) is 83.3 Å². The van der Waals surface area contributed by atoms with Gasteiger partial charge in [0.2, 0.25) is 0 Å². The summed E-state index contributed by atoms with van der Waals surface area (Å²) in [5.41, 5.74) is 13.9. The van der Waals surface area contributed by atoms with Crippen molar-refractivity contribution in [3.05, 3.63) is 101 Å². The van der Waals surface area contributed by atoms with Crippen molar-refractivity contribution in [2.45, 2.75) is 31.5 Å². The standard InChI is InChI=1S/C33H23BN2O/c1-2-11-21(12-3-1)35-27-18-10-19-28-30(27)34(33-32(35)24-15-6-9-20-29(24)37-33)25-16-7-4-14-23-22-13-5-8-17-26(22)36(28)31(23)25/h1-4,6,9-12,14-15,18-20,25H,5,8,13,17H2. The Bertz CT molecular complexity index is 1860. The quantitative estimate of drug-likeness (QED) is 0.214. The SMILES string of the molecule is C1#CC2B3c4oc5ccccc5c4N(c4ccccc4)c4cccc(c43)-n3c4c(c(c32)C=C1)CCCC4. The molecular formula is C33H23BN2O. The van der Waals surface area contributed by atoms with E-state index in [-0.39, 0.29) is 12.5 Å². The Balaban J connectivity index is 1.45. The van der Waals surface area contributed by atoms with Crippen LogP contribution in [0.5, 0.6) is 0 Å². The third-order valence-corrected chi connectivity index (χ3v) is 8.72. The molecule has 174 valence electrons. The van der Waals surface area contributed by atoms with Crippen molar-refractivity contribution in [3.63, 3.8) is 0 Å². The second-order valence-electron chi connectivity index (χ2n) is 10.5. The van der Waals surface area contributed by atoms with Crippen molar-refractivity contribution in [1.29, 1.82) is 0 Å². The van der Waals surface area contributed by atoms with Crippen LogP contribution in [0.4, 0.5) is 17.1 Å². The maximum absolute atomic E-state index is 6.81. The first-order valence-corrected chi connectivity index (χ1v) is 13.3. The van der Waals surface area contributed by atoms with Crippen molar-refractivity contribution in [3.8, 4) is 17.5 Å². The van der Waals surface area contributed by atoms with Gasteiger partial charge in [-0.2, -0.15) is 0 Å². The molecule has 1 unspecified atom stereocenters. The minimum absolute atomic E-state index is 0.0430. The van der Waals surface area contributed by atoms with Crippen molar-refractivity contribution in [1.82, 2.24) is 4.57 Å². The van der Waals surface area contributed by atoms with Crippen molar-refractivity contribution < 1.29 is 4.42 Å². The number of para-hydroxylation sites is 2. The molecule has 1 atom stereocenters. The number of fused-ring (bicyclic) bond motifs is 9. The number of anilines is 3. The number of hydrogen-bond acceptors (Lipinski definition) is 2. The van der Waals surface area contributed by atoms with E-state index in [1.807, 2.05) is 0 Å². The summed E-state index contributed by atoms with van der Waals surface area (Å²) in [6.07, 6.45) is 9.12. The Morgan fingerprint density at radius 2 is 1.70 bits per heavy atom. The van der Waals surface area contributed by atoms with Crippen LogP contribution in [0.2, 0.25) is 0 Å². The number of allylic oxidation sites excluding steroid dienone is 1. The van der Waals surface area contributed by atoms with Gasteiger partial charge in [-0.25, -0.2) is 0 Å². The summed E-state index contributed by atoms with van der Waals surface area (Å²) < 4.78 is 9.39. The number of aromatic nitrogens is 1. The Morgan fingerprint density at radius 3 is 2.65 bits per heavy atom. The maximum Gasteiger partial charge on any atom is 0.285 e. The first-order chi connectivity index (χ1) is 18.4. The lowest BCUT2D eigenvalue weighted by Gasteiger charge is -2.40. The fourth-order valence-electron chi connectivity index (χ4n) is 7.34. The van der Waals surface area contributed by atoms with Gasteiger partial charge in [0.15, 0.2) is 0 Å². The zero-order valence-electron chi connectivity index (χ0n) is 20.4. The Hall–Kier alpha value is -4.36. The molecular weight excluding hydrogens is 451 g/mol. The van der Waals surface area contributed by atoms with Crippen LogP contribution in [0, 0.1) is 11.8 Å². The van der Waals surface area contributed by atoms with E-state index in [0.717, 1.165) is 40.8 Å². The zero-order valence-corrected chi connectivity index (χ0v) is 20.4. The number of rotatable bonds is 1. The highest BCUT2D eigenvalue weighted by Crippen LogP contribution is 2.48. The smallest absolute Gasteiger partial charge is 0.285 e. The summed E-state index contributed by atoms with van der Waals surface area (Å²) in [5.74, 6) is 7.13. The van der Waals surface area contributed by atoms with Gasteiger partial charge < -0.3 is 13.9 Å². The number of nitrogens with zero attached hydrogens (tertiary/aromatic N) is 2. The van der Waals surface area contributed by atoms with E-state index in [1.165, 1.54) is 52.2 Å². The van der Waals surface area contributed by atoms with Crippen LogP contribution < -0.4 is 16.0 Å². The number of furan rings is 1. The van der Waals surface area contributed by atoms with Crippen LogP contribution in [0.1, 0.15) is 41.2 Å². The lowest BCUT2D eigenvalue weighted by atomic mass is 9.32. The fourth-order valence-corrected chi connectivity index (χ4v) is 7.34. The molecule has 0 bridgehead atoms. The maximum atomic E-state index is 6.81. The van der Waals surface area contributed by atoms with E-state index < -0.39 is 0 Å². The van der Waals surface area contributed by atoms with Crippen molar-refractivity contribution in [2.24, 2.45) is 0 Å². The summed E-state index contributed by atoms with van der Waals surface area (Å²) in [5, 5.41) is 1.15. The van der Waals surface area contributed by atoms with Gasteiger partial charge in [0, 0.05) is 39.4 Å². The van der Waals surface area contributed by atoms with Crippen molar-refractivity contribution >= 4 is 51.9 Å². The fraction of sp³-hybridized carbons (Fsp3) is 0.152. The van der Waals surface area contributed by atoms with Crippen LogP contribution in [-0.4, -0.2) is 11.3 Å². The van der Waals surface area contributed by atoms with E-state index in [2.05, 4.69) is 106 Å². The molecule has 0 amide bonds. The normalized spacial score (nSPS) is 17.9. The van der Waals surface area contributed by atoms with E-state index in [1.54, 1.807) is 0 Å². The molecule has 3 aromatic carbocycles. The van der Waals surface area contributed by atoms with Gasteiger partial charge in [0.1, 0.15) is 5.58 Å². The molecule has 37 heavy (non-hydrogen) atoms. The third-order valence-electron chi connectivity index (χ3n) is 8.72. The molecule has 4 aliphatic rings. The molecule has 0 spiro atoms. The van der Waals surface area contributed by atoms with E-state index in [4.69, 9.17) is 4.42 Å². The lowest BCUT2D eigenvalue weighted by molar-refractivity contribution is 0.646. The zero-order chi connectivity index (χ0) is 24.1. The first kappa shape index (κ1) is 19.8. The monoisotopic (exact) mass is 474 g/mol. The molecule has 0 radical (unpaired) electrons. The van der Waals surface area contributed by atoms with Crippen LogP contribution in [0.3, 0.4) is 0 Å². The Morgan fingerprint density at radius 1 is 0.865 bits per heavy atom. The van der Waals surface area contributed by atoms with Crippen molar-refractivity contribution in [2.75, 3.05) is 4.90 Å². The minimum atomic E-state index is 0.0430. The molecule has 0 N–H and O–H groups in total. The van der Waals surface area contributed by atoms with Crippen LogP contribution >= 0.6 is 0 Å². The largest absolute Gasteiger partial charge is 0.468 e. The Labute approximate surface area is 216 Å². The van der Waals surface area contributed by atoms with Gasteiger partial charge >= 0.3 is 0 Å². The molecule has 4 heteroatoms. The highest BCUT2D eigenvalue weighted by molar-refractivity contribution is 6.90. The summed E-state index contributed by atoms with van der Waals surface area (Å²) >= 11 is 0. The van der Waals surface area contributed by atoms with E-state index in [0.29, 0.717) is 0 Å². The molecule has 2 aliphatic heterocycles. The molecule has 5 aromatic rings. The first-order valence-electron chi connectivity index (χ1n) is 13.3. The predicted octanol–water partition coefficient (Wildman–Crippen LogP) is 6.16. The van der Waals surface area contributed by atoms with Gasteiger partial charge in [-0.05, 0) is 85.3 Å². The highest BCUT2D eigenvalue weighted by Gasteiger charge is 2.50. The van der Waals surface area contributed by atoms with Crippen LogP contribution in [-0.2, 0) is 12.8 Å². The second-order valence-corrected chi connectivity index (χ2v) is 10.5. The summed E-state index contributed by atoms with van der Waals surface area (Å²) in [4.78, 5) is 2.42. The van der Waals surface area contributed by atoms with Gasteiger partial charge in [-0.15, -0.1) is 0 Å². The average molecular weight is 474 g/mol. The van der Waals surface area contributed by atoms with Crippen LogP contribution in [0.25, 0.3) is 22.7 Å². The summed E-state index contributed by atoms with van der Waals surface area (Å²) in [6, 6.07) is 26.0. The topological polar surface area (TPSA) is 21.3 Å². The van der Waals surface area contributed by atoms with Gasteiger partial charge in [-0.1, -0.05) is 48.2 Å².